The van der Waals surface area contributed by atoms with Crippen molar-refractivity contribution >= 4 is 40.0 Å². The molecule has 1 heterocycles. The van der Waals surface area contributed by atoms with Crippen LogP contribution >= 0.6 is 23.2 Å². The molecular formula is C17H13Cl2F2N3O. The van der Waals surface area contributed by atoms with Crippen molar-refractivity contribution < 1.29 is 13.6 Å². The SMILES string of the molecule is Cc1nn(Cc2c(Cl)cccc2Cl)c2cc(C(F)(F)C(N)=O)ccc12. The summed E-state index contributed by atoms with van der Waals surface area (Å²) in [4.78, 5) is 11.0. The van der Waals surface area contributed by atoms with Gasteiger partial charge in [0.05, 0.1) is 17.8 Å². The molecule has 0 aliphatic carbocycles. The summed E-state index contributed by atoms with van der Waals surface area (Å²) in [6.07, 6.45) is 0. The molecule has 0 radical (unpaired) electrons. The number of aromatic nitrogens is 2. The first-order chi connectivity index (χ1) is 11.7. The Morgan fingerprint density at radius 2 is 1.88 bits per heavy atom. The molecule has 2 aromatic carbocycles. The molecule has 1 amide bonds. The Balaban J connectivity index is 2.14. The second kappa shape index (κ2) is 6.28. The van der Waals surface area contributed by atoms with E-state index in [9.17, 15) is 13.6 Å². The topological polar surface area (TPSA) is 60.9 Å². The third kappa shape index (κ3) is 3.07. The van der Waals surface area contributed by atoms with Gasteiger partial charge in [-0.15, -0.1) is 0 Å². The van der Waals surface area contributed by atoms with E-state index >= 15 is 0 Å². The molecule has 0 bridgehead atoms. The lowest BCUT2D eigenvalue weighted by Crippen LogP contribution is -2.32. The Morgan fingerprint density at radius 1 is 1.24 bits per heavy atom. The summed E-state index contributed by atoms with van der Waals surface area (Å²) in [5.74, 6) is -5.47. The fourth-order valence-corrected chi connectivity index (χ4v) is 3.15. The molecule has 3 aromatic rings. The van der Waals surface area contributed by atoms with E-state index in [4.69, 9.17) is 28.9 Å². The van der Waals surface area contributed by atoms with Gasteiger partial charge in [0.15, 0.2) is 0 Å². The van der Waals surface area contributed by atoms with Gasteiger partial charge in [0.1, 0.15) is 0 Å². The minimum absolute atomic E-state index is 0.203. The quantitative estimate of drug-likeness (QED) is 0.730. The Labute approximate surface area is 152 Å². The van der Waals surface area contributed by atoms with Crippen LogP contribution in [0.4, 0.5) is 8.78 Å². The average Bonchev–Trinajstić information content (AvgIpc) is 2.86. The molecule has 130 valence electrons. The number of nitrogens with zero attached hydrogens (tertiary/aromatic N) is 2. The normalized spacial score (nSPS) is 11.9. The average molecular weight is 384 g/mol. The van der Waals surface area contributed by atoms with Crippen molar-refractivity contribution in [3.8, 4) is 0 Å². The minimum atomic E-state index is -3.76. The standard InChI is InChI=1S/C17H13Cl2F2N3O/c1-9-11-6-5-10(17(20,21)16(22)25)7-15(11)24(23-9)8-12-13(18)3-2-4-14(12)19/h2-7H,8H2,1H3,(H2,22,25). The third-order valence-electron chi connectivity index (χ3n) is 3.98. The van der Waals surface area contributed by atoms with Crippen LogP contribution < -0.4 is 5.73 Å². The number of rotatable bonds is 4. The van der Waals surface area contributed by atoms with E-state index in [2.05, 4.69) is 5.10 Å². The number of carbonyl (C=O) groups is 1. The first kappa shape index (κ1) is 17.6. The number of benzene rings is 2. The highest BCUT2D eigenvalue weighted by Gasteiger charge is 2.39. The monoisotopic (exact) mass is 383 g/mol. The fourth-order valence-electron chi connectivity index (χ4n) is 2.63. The van der Waals surface area contributed by atoms with E-state index in [1.165, 1.54) is 22.9 Å². The molecule has 2 N–H and O–H groups in total. The van der Waals surface area contributed by atoms with Crippen molar-refractivity contribution in [1.29, 1.82) is 0 Å². The van der Waals surface area contributed by atoms with E-state index < -0.39 is 17.4 Å². The minimum Gasteiger partial charge on any atom is -0.364 e. The Morgan fingerprint density at radius 3 is 2.48 bits per heavy atom. The summed E-state index contributed by atoms with van der Waals surface area (Å²) in [5, 5.41) is 5.96. The molecule has 0 aliphatic rings. The molecule has 0 saturated carbocycles. The predicted octanol–water partition coefficient (Wildman–Crippen LogP) is 4.28. The zero-order chi connectivity index (χ0) is 18.4. The molecule has 1 aromatic heterocycles. The van der Waals surface area contributed by atoms with Crippen LogP contribution in [0, 0.1) is 6.92 Å². The van der Waals surface area contributed by atoms with E-state index in [0.29, 0.717) is 32.2 Å². The molecular weight excluding hydrogens is 371 g/mol. The fraction of sp³-hybridized carbons (Fsp3) is 0.176. The van der Waals surface area contributed by atoms with Gasteiger partial charge in [-0.25, -0.2) is 0 Å². The van der Waals surface area contributed by atoms with Crippen LogP contribution in [-0.4, -0.2) is 15.7 Å². The predicted molar refractivity (Wildman–Crippen MR) is 93.1 cm³/mol. The molecule has 4 nitrogen and oxygen atoms in total. The number of carbonyl (C=O) groups excluding carboxylic acids is 1. The van der Waals surface area contributed by atoms with E-state index in [1.54, 1.807) is 25.1 Å². The lowest BCUT2D eigenvalue weighted by Gasteiger charge is -2.13. The summed E-state index contributed by atoms with van der Waals surface area (Å²) in [6, 6.07) is 8.97. The molecule has 0 spiro atoms. The van der Waals surface area contributed by atoms with Crippen LogP contribution in [0.2, 0.25) is 10.0 Å². The molecule has 0 fully saturated rings. The van der Waals surface area contributed by atoms with Crippen LogP contribution in [0.5, 0.6) is 0 Å². The number of primary amides is 1. The highest BCUT2D eigenvalue weighted by atomic mass is 35.5. The Kier molecular flexibility index (Phi) is 4.43. The number of hydrogen-bond donors (Lipinski definition) is 1. The van der Waals surface area contributed by atoms with Gasteiger partial charge >= 0.3 is 5.92 Å². The van der Waals surface area contributed by atoms with Crippen LogP contribution in [0.15, 0.2) is 36.4 Å². The summed E-state index contributed by atoms with van der Waals surface area (Å²) in [7, 11) is 0. The molecule has 25 heavy (non-hydrogen) atoms. The number of alkyl halides is 2. The van der Waals surface area contributed by atoms with Gasteiger partial charge in [0, 0.05) is 26.6 Å². The number of fused-ring (bicyclic) bond motifs is 1. The van der Waals surface area contributed by atoms with E-state index in [1.807, 2.05) is 0 Å². The number of nitrogens with two attached hydrogens (primary N) is 1. The maximum absolute atomic E-state index is 14.0. The smallest absolute Gasteiger partial charge is 0.349 e. The van der Waals surface area contributed by atoms with Crippen molar-refractivity contribution in [1.82, 2.24) is 9.78 Å². The molecule has 0 aliphatic heterocycles. The highest BCUT2D eigenvalue weighted by molar-refractivity contribution is 6.36. The second-order valence-electron chi connectivity index (χ2n) is 5.61. The summed E-state index contributed by atoms with van der Waals surface area (Å²) in [5.41, 5.74) is 6.04. The zero-order valence-corrected chi connectivity index (χ0v) is 14.6. The van der Waals surface area contributed by atoms with Crippen LogP contribution in [-0.2, 0) is 17.3 Å². The number of halogens is 4. The number of amides is 1. The van der Waals surface area contributed by atoms with Gasteiger partial charge in [-0.2, -0.15) is 13.9 Å². The Hall–Kier alpha value is -2.18. The van der Waals surface area contributed by atoms with Crippen molar-refractivity contribution in [2.75, 3.05) is 0 Å². The van der Waals surface area contributed by atoms with Gasteiger partial charge in [0.25, 0.3) is 5.91 Å². The van der Waals surface area contributed by atoms with Gasteiger partial charge in [-0.3, -0.25) is 9.48 Å². The largest absolute Gasteiger partial charge is 0.364 e. The first-order valence-electron chi connectivity index (χ1n) is 7.30. The van der Waals surface area contributed by atoms with E-state index in [0.717, 1.165) is 0 Å². The van der Waals surface area contributed by atoms with Crippen molar-refractivity contribution in [3.05, 3.63) is 63.3 Å². The molecule has 0 atom stereocenters. The summed E-state index contributed by atoms with van der Waals surface area (Å²) >= 11 is 12.4. The lowest BCUT2D eigenvalue weighted by atomic mass is 10.1. The zero-order valence-electron chi connectivity index (χ0n) is 13.1. The van der Waals surface area contributed by atoms with Crippen molar-refractivity contribution in [3.63, 3.8) is 0 Å². The maximum Gasteiger partial charge on any atom is 0.349 e. The summed E-state index contributed by atoms with van der Waals surface area (Å²) in [6.45, 7) is 1.97. The summed E-state index contributed by atoms with van der Waals surface area (Å²) < 4.78 is 29.4. The van der Waals surface area contributed by atoms with E-state index in [-0.39, 0.29) is 6.54 Å². The highest BCUT2D eigenvalue weighted by Crippen LogP contribution is 2.32. The maximum atomic E-state index is 14.0. The van der Waals surface area contributed by atoms with Gasteiger partial charge < -0.3 is 5.73 Å². The van der Waals surface area contributed by atoms with Crippen LogP contribution in [0.1, 0.15) is 16.8 Å². The van der Waals surface area contributed by atoms with Crippen molar-refractivity contribution in [2.45, 2.75) is 19.4 Å². The number of hydrogen-bond acceptors (Lipinski definition) is 2. The molecule has 0 saturated heterocycles. The van der Waals surface area contributed by atoms with Gasteiger partial charge in [-0.05, 0) is 25.1 Å². The second-order valence-corrected chi connectivity index (χ2v) is 6.43. The van der Waals surface area contributed by atoms with Crippen molar-refractivity contribution in [2.24, 2.45) is 5.73 Å². The van der Waals surface area contributed by atoms with Gasteiger partial charge in [-0.1, -0.05) is 41.4 Å². The molecule has 3 rings (SSSR count). The van der Waals surface area contributed by atoms with Crippen LogP contribution in [0.3, 0.4) is 0 Å². The Bertz CT molecular complexity index is 965. The number of aryl methyl sites for hydroxylation is 1. The molecule has 8 heteroatoms. The van der Waals surface area contributed by atoms with Gasteiger partial charge in [0.2, 0.25) is 0 Å². The molecule has 0 unspecified atom stereocenters. The first-order valence-corrected chi connectivity index (χ1v) is 8.05. The lowest BCUT2D eigenvalue weighted by molar-refractivity contribution is -0.143. The third-order valence-corrected chi connectivity index (χ3v) is 4.69. The van der Waals surface area contributed by atoms with Crippen LogP contribution in [0.25, 0.3) is 10.9 Å².